The molecule has 2 bridgehead atoms. The molecule has 3 fully saturated rings. The molecule has 3 rings (SSSR count). The van der Waals surface area contributed by atoms with Gasteiger partial charge in [0.2, 0.25) is 5.91 Å². The average Bonchev–Trinajstić information content (AvgIpc) is 2.94. The summed E-state index contributed by atoms with van der Waals surface area (Å²) in [5.74, 6) is -0.561. The first-order chi connectivity index (χ1) is 12.7. The second-order valence-electron chi connectivity index (χ2n) is 8.98. The summed E-state index contributed by atoms with van der Waals surface area (Å²) in [6, 6.07) is -1.00. The summed E-state index contributed by atoms with van der Waals surface area (Å²) in [5.41, 5.74) is 2.53. The van der Waals surface area contributed by atoms with Gasteiger partial charge >= 0.3 is 0 Å². The van der Waals surface area contributed by atoms with Crippen molar-refractivity contribution in [2.45, 2.75) is 52.2 Å². The van der Waals surface area contributed by atoms with Crippen LogP contribution in [0.1, 0.15) is 40.0 Å². The van der Waals surface area contributed by atoms with Crippen LogP contribution in [0.3, 0.4) is 0 Å². The smallest absolute Gasteiger partial charge is 0.259 e. The highest BCUT2D eigenvalue weighted by atomic mass is 16.5. The molecule has 0 spiro atoms. The van der Waals surface area contributed by atoms with Crippen LogP contribution in [0.2, 0.25) is 0 Å². The number of hydrogen-bond acceptors (Lipinski definition) is 6. The molecular weight excluding hydrogens is 350 g/mol. The van der Waals surface area contributed by atoms with Gasteiger partial charge in [0.05, 0.1) is 25.9 Å². The molecular formula is C19H33N3O5. The first kappa shape index (κ1) is 20.5. The summed E-state index contributed by atoms with van der Waals surface area (Å²) in [6.45, 7) is 8.21. The fourth-order valence-corrected chi connectivity index (χ4v) is 5.36. The van der Waals surface area contributed by atoms with E-state index in [1.165, 1.54) is 0 Å². The first-order valence-electron chi connectivity index (χ1n) is 9.92. The lowest BCUT2D eigenvalue weighted by atomic mass is 9.70. The lowest BCUT2D eigenvalue weighted by Gasteiger charge is -2.37. The average molecular weight is 383 g/mol. The lowest BCUT2D eigenvalue weighted by Crippen LogP contribution is -2.56. The molecule has 5 atom stereocenters. The second kappa shape index (κ2) is 7.66. The van der Waals surface area contributed by atoms with Crippen LogP contribution in [0, 0.1) is 22.7 Å². The minimum Gasteiger partial charge on any atom is -0.394 e. The van der Waals surface area contributed by atoms with Crippen molar-refractivity contribution in [2.24, 2.45) is 22.7 Å². The molecule has 0 aromatic carbocycles. The maximum atomic E-state index is 12.6. The van der Waals surface area contributed by atoms with Crippen LogP contribution < -0.4 is 10.7 Å². The predicted octanol–water partition coefficient (Wildman–Crippen LogP) is -0.350. The SMILES string of the molecule is CC1(C)C2CCC1(C)C(O)C2CC(=O)N[C@@H](CO)C(=O)NN1CCOCC1. The topological polar surface area (TPSA) is 111 Å². The van der Waals surface area contributed by atoms with Gasteiger partial charge in [-0.25, -0.2) is 5.01 Å². The number of morpholine rings is 1. The van der Waals surface area contributed by atoms with E-state index in [-0.39, 0.29) is 35.0 Å². The van der Waals surface area contributed by atoms with Gasteiger partial charge in [-0.2, -0.15) is 0 Å². The minimum atomic E-state index is -1.00. The Morgan fingerprint density at radius 2 is 1.93 bits per heavy atom. The Labute approximate surface area is 160 Å². The monoisotopic (exact) mass is 383 g/mol. The summed E-state index contributed by atoms with van der Waals surface area (Å²) in [6.07, 6.45) is 1.64. The number of carbonyl (C=O) groups is 2. The molecule has 2 amide bonds. The van der Waals surface area contributed by atoms with E-state index < -0.39 is 24.7 Å². The molecule has 0 radical (unpaired) electrons. The maximum Gasteiger partial charge on any atom is 0.259 e. The number of amides is 2. The molecule has 2 aliphatic carbocycles. The third kappa shape index (κ3) is 3.60. The Morgan fingerprint density at radius 3 is 2.48 bits per heavy atom. The van der Waals surface area contributed by atoms with Gasteiger partial charge < -0.3 is 20.3 Å². The standard InChI is InChI=1S/C19H33N3O5/c1-18(2)13-4-5-19(18,3)16(25)12(13)10-15(24)20-14(11-23)17(26)21-22-6-8-27-9-7-22/h12-14,16,23,25H,4-11H2,1-3H3,(H,20,24)(H,21,26)/t12?,13?,14-,16?,19?/m0/s1. The van der Waals surface area contributed by atoms with Crippen LogP contribution in [-0.4, -0.2) is 72.1 Å². The van der Waals surface area contributed by atoms with Crippen LogP contribution in [0.15, 0.2) is 0 Å². The highest BCUT2D eigenvalue weighted by Crippen LogP contribution is 2.68. The number of hydrazine groups is 1. The van der Waals surface area contributed by atoms with E-state index in [2.05, 4.69) is 31.5 Å². The number of fused-ring (bicyclic) bond motifs is 2. The largest absolute Gasteiger partial charge is 0.394 e. The molecule has 1 aliphatic heterocycles. The highest BCUT2D eigenvalue weighted by Gasteiger charge is 2.65. The molecule has 8 heteroatoms. The molecule has 27 heavy (non-hydrogen) atoms. The summed E-state index contributed by atoms with van der Waals surface area (Å²) >= 11 is 0. The van der Waals surface area contributed by atoms with Crippen molar-refractivity contribution in [2.75, 3.05) is 32.9 Å². The number of rotatable bonds is 6. The molecule has 0 aromatic heterocycles. The van der Waals surface area contributed by atoms with E-state index >= 15 is 0 Å². The summed E-state index contributed by atoms with van der Waals surface area (Å²) in [4.78, 5) is 24.9. The van der Waals surface area contributed by atoms with E-state index in [1.54, 1.807) is 5.01 Å². The van der Waals surface area contributed by atoms with E-state index in [4.69, 9.17) is 4.74 Å². The fraction of sp³-hybridized carbons (Fsp3) is 0.895. The van der Waals surface area contributed by atoms with Crippen molar-refractivity contribution in [3.63, 3.8) is 0 Å². The molecule has 154 valence electrons. The molecule has 1 heterocycles. The predicted molar refractivity (Wildman–Crippen MR) is 98.3 cm³/mol. The van der Waals surface area contributed by atoms with Crippen LogP contribution in [-0.2, 0) is 14.3 Å². The number of nitrogens with one attached hydrogen (secondary N) is 2. The van der Waals surface area contributed by atoms with Gasteiger partial charge in [0.15, 0.2) is 0 Å². The number of aliphatic hydroxyl groups is 2. The van der Waals surface area contributed by atoms with E-state index in [9.17, 15) is 19.8 Å². The quantitative estimate of drug-likeness (QED) is 0.499. The Morgan fingerprint density at radius 1 is 1.26 bits per heavy atom. The zero-order valence-corrected chi connectivity index (χ0v) is 16.5. The molecule has 4 N–H and O–H groups in total. The van der Waals surface area contributed by atoms with Gasteiger partial charge in [-0.1, -0.05) is 20.8 Å². The van der Waals surface area contributed by atoms with Crippen molar-refractivity contribution in [1.29, 1.82) is 0 Å². The summed E-state index contributed by atoms with van der Waals surface area (Å²) in [5, 5.41) is 24.7. The third-order valence-corrected chi connectivity index (χ3v) is 7.48. The summed E-state index contributed by atoms with van der Waals surface area (Å²) < 4.78 is 5.23. The molecule has 1 saturated heterocycles. The Kier molecular flexibility index (Phi) is 5.82. The number of ether oxygens (including phenoxy) is 1. The third-order valence-electron chi connectivity index (χ3n) is 7.48. The van der Waals surface area contributed by atoms with Crippen LogP contribution >= 0.6 is 0 Å². The normalized spacial score (nSPS) is 36.4. The Balaban J connectivity index is 1.55. The number of carbonyl (C=O) groups excluding carboxylic acids is 2. The van der Waals surface area contributed by atoms with Crippen molar-refractivity contribution < 1.29 is 24.5 Å². The fourth-order valence-electron chi connectivity index (χ4n) is 5.36. The molecule has 0 aromatic rings. The zero-order chi connectivity index (χ0) is 19.8. The summed E-state index contributed by atoms with van der Waals surface area (Å²) in [7, 11) is 0. The second-order valence-corrected chi connectivity index (χ2v) is 8.98. The number of hydrogen-bond donors (Lipinski definition) is 4. The molecule has 4 unspecified atom stereocenters. The van der Waals surface area contributed by atoms with Crippen molar-refractivity contribution in [3.05, 3.63) is 0 Å². The van der Waals surface area contributed by atoms with E-state index in [0.29, 0.717) is 26.3 Å². The van der Waals surface area contributed by atoms with Crippen molar-refractivity contribution in [1.82, 2.24) is 15.8 Å². The number of aliphatic hydroxyl groups excluding tert-OH is 2. The van der Waals surface area contributed by atoms with Gasteiger partial charge in [-0.3, -0.25) is 15.0 Å². The van der Waals surface area contributed by atoms with Gasteiger partial charge in [0, 0.05) is 19.5 Å². The van der Waals surface area contributed by atoms with Crippen molar-refractivity contribution >= 4 is 11.8 Å². The lowest BCUT2D eigenvalue weighted by molar-refractivity contribution is -0.135. The van der Waals surface area contributed by atoms with Crippen LogP contribution in [0.4, 0.5) is 0 Å². The maximum absolute atomic E-state index is 12.6. The minimum absolute atomic E-state index is 0.0124. The Bertz CT molecular complexity index is 578. The highest BCUT2D eigenvalue weighted by molar-refractivity contribution is 5.87. The zero-order valence-electron chi connectivity index (χ0n) is 16.5. The van der Waals surface area contributed by atoms with Crippen molar-refractivity contribution in [3.8, 4) is 0 Å². The van der Waals surface area contributed by atoms with Gasteiger partial charge in [0.25, 0.3) is 5.91 Å². The van der Waals surface area contributed by atoms with Crippen LogP contribution in [0.5, 0.6) is 0 Å². The Hall–Kier alpha value is -1.22. The molecule has 8 nitrogen and oxygen atoms in total. The van der Waals surface area contributed by atoms with E-state index in [1.807, 2.05) is 0 Å². The van der Waals surface area contributed by atoms with E-state index in [0.717, 1.165) is 12.8 Å². The molecule has 2 saturated carbocycles. The van der Waals surface area contributed by atoms with Gasteiger partial charge in [-0.15, -0.1) is 0 Å². The van der Waals surface area contributed by atoms with Gasteiger partial charge in [-0.05, 0) is 35.5 Å². The van der Waals surface area contributed by atoms with Gasteiger partial charge in [0.1, 0.15) is 6.04 Å². The molecule has 3 aliphatic rings. The van der Waals surface area contributed by atoms with Crippen LogP contribution in [0.25, 0.3) is 0 Å². The number of nitrogens with zero attached hydrogens (tertiary/aromatic N) is 1. The first-order valence-corrected chi connectivity index (χ1v) is 9.92.